The molecule has 2 aliphatic rings. The van der Waals surface area contributed by atoms with Crippen molar-refractivity contribution in [2.75, 3.05) is 13.7 Å². The molecule has 186 valence electrons. The van der Waals surface area contributed by atoms with E-state index >= 15 is 0 Å². The summed E-state index contributed by atoms with van der Waals surface area (Å²) >= 11 is 0. The summed E-state index contributed by atoms with van der Waals surface area (Å²) in [7, 11) is -3.17. The quantitative estimate of drug-likeness (QED) is 0.428. The molecule has 0 bridgehead atoms. The smallest absolute Gasteiger partial charge is 0.337 e. The highest BCUT2D eigenvalue weighted by Crippen LogP contribution is 2.52. The molecule has 9 heteroatoms. The zero-order valence-corrected chi connectivity index (χ0v) is 23.7. The minimum Gasteiger partial charge on any atom is -0.473 e. The lowest BCUT2D eigenvalue weighted by Gasteiger charge is -2.47. The van der Waals surface area contributed by atoms with E-state index in [2.05, 4.69) is 67.7 Å². The van der Waals surface area contributed by atoms with Gasteiger partial charge in [-0.2, -0.15) is 0 Å². The number of methoxy groups -OCH3 is 1. The van der Waals surface area contributed by atoms with Crippen LogP contribution in [0.4, 0.5) is 0 Å². The molecule has 1 aliphatic heterocycles. The van der Waals surface area contributed by atoms with Crippen LogP contribution in [-0.2, 0) is 23.1 Å². The second-order valence-corrected chi connectivity index (χ2v) is 21.9. The van der Waals surface area contributed by atoms with Crippen molar-refractivity contribution >= 4 is 22.6 Å². The van der Waals surface area contributed by atoms with Crippen molar-refractivity contribution in [1.29, 1.82) is 0 Å². The van der Waals surface area contributed by atoms with Crippen LogP contribution in [0.2, 0.25) is 36.3 Å². The highest BCUT2D eigenvalue weighted by Gasteiger charge is 2.62. The summed E-state index contributed by atoms with van der Waals surface area (Å²) in [6.45, 7) is 21.2. The molecule has 0 amide bonds. The van der Waals surface area contributed by atoms with Crippen molar-refractivity contribution in [2.24, 2.45) is 11.8 Å². The number of aliphatic hydroxyl groups excluding tert-OH is 1. The fraction of sp³-hybridized carbons (Fsp3) is 0.870. The van der Waals surface area contributed by atoms with Crippen LogP contribution in [0, 0.1) is 11.8 Å². The zero-order valence-electron chi connectivity index (χ0n) is 21.7. The van der Waals surface area contributed by atoms with Crippen LogP contribution in [0.5, 0.6) is 0 Å². The number of ether oxygens (including phenoxy) is 2. The molecule has 1 heterocycles. The minimum absolute atomic E-state index is 0.0407. The van der Waals surface area contributed by atoms with Crippen LogP contribution in [-0.4, -0.2) is 64.5 Å². The van der Waals surface area contributed by atoms with Gasteiger partial charge in [0.1, 0.15) is 5.60 Å². The Morgan fingerprint density at radius 1 is 1.12 bits per heavy atom. The Morgan fingerprint density at radius 2 is 1.66 bits per heavy atom. The Morgan fingerprint density at radius 3 is 2.12 bits per heavy atom. The van der Waals surface area contributed by atoms with Gasteiger partial charge in [-0.25, -0.2) is 4.79 Å². The van der Waals surface area contributed by atoms with Crippen LogP contribution in [0.1, 0.15) is 48.0 Å². The second-order valence-electron chi connectivity index (χ2n) is 12.4. The van der Waals surface area contributed by atoms with Gasteiger partial charge in [0.15, 0.2) is 22.9 Å². The van der Waals surface area contributed by atoms with Crippen LogP contribution < -0.4 is 0 Å². The molecule has 32 heavy (non-hydrogen) atoms. The van der Waals surface area contributed by atoms with Crippen molar-refractivity contribution in [3.8, 4) is 0 Å². The first kappa shape index (κ1) is 27.5. The van der Waals surface area contributed by atoms with Crippen LogP contribution in [0.15, 0.2) is 11.8 Å². The summed E-state index contributed by atoms with van der Waals surface area (Å²) < 4.78 is 23.8. The average Bonchev–Trinajstić information content (AvgIpc) is 2.89. The van der Waals surface area contributed by atoms with E-state index in [9.17, 15) is 15.0 Å². The molecule has 0 radical (unpaired) electrons. The average molecular weight is 489 g/mol. The molecular formula is C23H44O7Si2. The molecule has 2 N–H and O–H groups in total. The van der Waals surface area contributed by atoms with Crippen molar-refractivity contribution < 1.29 is 33.3 Å². The summed E-state index contributed by atoms with van der Waals surface area (Å²) in [4.78, 5) is 12.4. The fourth-order valence-corrected chi connectivity index (χ4v) is 5.97. The molecule has 0 spiro atoms. The lowest BCUT2D eigenvalue weighted by Crippen LogP contribution is -2.58. The molecule has 5 atom stereocenters. The predicted octanol–water partition coefficient (Wildman–Crippen LogP) is 4.17. The van der Waals surface area contributed by atoms with Gasteiger partial charge in [0.2, 0.25) is 0 Å². The van der Waals surface area contributed by atoms with Gasteiger partial charge in [0, 0.05) is 5.92 Å². The summed E-state index contributed by atoms with van der Waals surface area (Å²) in [6.07, 6.45) is -0.274. The summed E-state index contributed by atoms with van der Waals surface area (Å²) in [6, 6.07) is 0. The van der Waals surface area contributed by atoms with Crippen molar-refractivity contribution in [2.45, 2.75) is 102 Å². The second kappa shape index (κ2) is 8.81. The van der Waals surface area contributed by atoms with Gasteiger partial charge in [-0.05, 0) is 42.7 Å². The van der Waals surface area contributed by atoms with Gasteiger partial charge in [0.25, 0.3) is 0 Å². The van der Waals surface area contributed by atoms with E-state index in [-0.39, 0.29) is 23.1 Å². The molecule has 0 unspecified atom stereocenters. The summed E-state index contributed by atoms with van der Waals surface area (Å²) in [5, 5.41) is 22.8. The molecule has 1 saturated carbocycles. The van der Waals surface area contributed by atoms with Crippen molar-refractivity contribution in [3.05, 3.63) is 11.8 Å². The van der Waals surface area contributed by atoms with E-state index in [1.54, 1.807) is 0 Å². The number of fused-ring (bicyclic) bond motifs is 1. The minimum atomic E-state index is -2.28. The van der Waals surface area contributed by atoms with E-state index in [4.69, 9.17) is 18.3 Å². The van der Waals surface area contributed by atoms with E-state index in [0.29, 0.717) is 5.57 Å². The molecule has 1 fully saturated rings. The Balaban J connectivity index is 2.45. The van der Waals surface area contributed by atoms with Crippen LogP contribution in [0.3, 0.4) is 0 Å². The first-order valence-electron chi connectivity index (χ1n) is 11.4. The zero-order chi connectivity index (χ0) is 24.9. The molecular weight excluding hydrogens is 444 g/mol. The van der Waals surface area contributed by atoms with Crippen molar-refractivity contribution in [1.82, 2.24) is 0 Å². The van der Waals surface area contributed by atoms with E-state index in [1.165, 1.54) is 13.4 Å². The fourth-order valence-electron chi connectivity index (χ4n) is 3.81. The number of carbonyl (C=O) groups is 1. The Hall–Kier alpha value is -0.716. The highest BCUT2D eigenvalue weighted by atomic mass is 28.4. The molecule has 0 aromatic heterocycles. The maximum atomic E-state index is 12.4. The molecule has 7 nitrogen and oxygen atoms in total. The normalized spacial score (nSPS) is 31.6. The molecule has 1 aliphatic carbocycles. The molecule has 0 aromatic carbocycles. The maximum absolute atomic E-state index is 12.4. The Bertz CT molecular complexity index is 736. The van der Waals surface area contributed by atoms with Gasteiger partial charge >= 0.3 is 5.97 Å². The first-order valence-corrected chi connectivity index (χ1v) is 17.3. The number of aliphatic hydroxyl groups is 2. The molecule has 0 saturated heterocycles. The monoisotopic (exact) mass is 488 g/mol. The maximum Gasteiger partial charge on any atom is 0.337 e. The summed E-state index contributed by atoms with van der Waals surface area (Å²) in [5.74, 6) is -1.63. The van der Waals surface area contributed by atoms with E-state index in [1.807, 2.05) is 0 Å². The third-order valence-corrected chi connectivity index (χ3v) is 17.1. The Labute approximate surface area is 195 Å². The number of hydrogen-bond donors (Lipinski definition) is 2. The highest BCUT2D eigenvalue weighted by molar-refractivity contribution is 6.74. The number of hydrogen-bond acceptors (Lipinski definition) is 7. The standard InChI is InChI=1S/C23H44O7Si2/c1-21(2,3)31(8,9)29-14-23(26)17(24)12-15-16(19(25)27-7)13-28-20(18(15)23)30-32(10,11)22(4,5)6/h13,15,17-18,20,24,26H,12,14H2,1-11H3/t15-,17+,18-,20+,23+/m1/s1. The lowest BCUT2D eigenvalue weighted by molar-refractivity contribution is -0.189. The predicted molar refractivity (Wildman–Crippen MR) is 129 cm³/mol. The molecule has 0 aromatic rings. The van der Waals surface area contributed by atoms with Gasteiger partial charge in [-0.3, -0.25) is 0 Å². The number of carbonyl (C=O) groups excluding carboxylic acids is 1. The third-order valence-electron chi connectivity index (χ3n) is 8.20. The van der Waals surface area contributed by atoms with E-state index in [0.717, 1.165) is 0 Å². The lowest BCUT2D eigenvalue weighted by atomic mass is 9.80. The van der Waals surface area contributed by atoms with Gasteiger partial charge in [-0.1, -0.05) is 41.5 Å². The van der Waals surface area contributed by atoms with Gasteiger partial charge in [-0.15, -0.1) is 0 Å². The first-order chi connectivity index (χ1) is 14.3. The van der Waals surface area contributed by atoms with Gasteiger partial charge in [0.05, 0.1) is 37.6 Å². The molecule has 2 rings (SSSR count). The number of esters is 1. The van der Waals surface area contributed by atoms with Crippen LogP contribution in [0.25, 0.3) is 0 Å². The topological polar surface area (TPSA) is 94.5 Å². The van der Waals surface area contributed by atoms with E-state index < -0.39 is 52.4 Å². The van der Waals surface area contributed by atoms with Crippen LogP contribution >= 0.6 is 0 Å². The largest absolute Gasteiger partial charge is 0.473 e. The number of rotatable bonds is 6. The van der Waals surface area contributed by atoms with Gasteiger partial charge < -0.3 is 28.5 Å². The SMILES string of the molecule is COC(=O)C1=CO[C@@H](O[Si](C)(C)C(C)(C)C)[C@H]2[C@@H]1C[C@H](O)[C@@]2(O)CO[Si](C)(C)C(C)(C)C. The Kier molecular flexibility index (Phi) is 7.58. The summed E-state index contributed by atoms with van der Waals surface area (Å²) in [5.41, 5.74) is -1.30. The van der Waals surface area contributed by atoms with Crippen molar-refractivity contribution in [3.63, 3.8) is 0 Å². The third kappa shape index (κ3) is 5.02.